The van der Waals surface area contributed by atoms with Crippen LogP contribution in [0.15, 0.2) is 12.2 Å². The molecule has 0 atom stereocenters. The Balaban J connectivity index is 2.66. The van der Waals surface area contributed by atoms with Gasteiger partial charge in [-0.15, -0.1) is 0 Å². The van der Waals surface area contributed by atoms with E-state index in [0.29, 0.717) is 0 Å². The quantitative estimate of drug-likeness (QED) is 0.450. The molecule has 0 saturated carbocycles. The molecule has 0 aromatic rings. The van der Waals surface area contributed by atoms with Crippen molar-refractivity contribution in [3.8, 4) is 0 Å². The zero-order valence-corrected chi connectivity index (χ0v) is 4.57. The Kier molecular flexibility index (Phi) is 4.53. The van der Waals surface area contributed by atoms with Gasteiger partial charge in [-0.2, -0.15) is 0 Å². The number of allylic oxidation sites excluding steroid dienone is 2. The molecule has 0 nitrogen and oxygen atoms in total. The van der Waals surface area contributed by atoms with Crippen molar-refractivity contribution in [3.63, 3.8) is 0 Å². The Morgan fingerprint density at radius 1 is 1.50 bits per heavy atom. The van der Waals surface area contributed by atoms with Crippen LogP contribution in [0, 0.1) is 0 Å². The molecule has 0 saturated heterocycles. The highest BCUT2D eigenvalue weighted by Gasteiger charge is 1.64. The van der Waals surface area contributed by atoms with E-state index >= 15 is 0 Å². The van der Waals surface area contributed by atoms with Crippen LogP contribution in [-0.4, -0.2) is 0 Å². The van der Waals surface area contributed by atoms with Gasteiger partial charge >= 0.3 is 0 Å². The number of rotatable bonds is 2. The first kappa shape index (κ1) is 5.74. The lowest BCUT2D eigenvalue weighted by Gasteiger charge is -1.76. The second-order valence-corrected chi connectivity index (χ2v) is 1.36. The third-order valence-corrected chi connectivity index (χ3v) is 0.691. The summed E-state index contributed by atoms with van der Waals surface area (Å²) in [6.07, 6.45) is 6.77. The van der Waals surface area contributed by atoms with Gasteiger partial charge in [0, 0.05) is 0 Å². The smallest absolute Gasteiger partial charge is 0.0353 e. The highest BCUT2D eigenvalue weighted by Crippen LogP contribution is 1.85. The predicted octanol–water partition coefficient (Wildman–Crippen LogP) is 2.36. The van der Waals surface area contributed by atoms with Crippen LogP contribution in [-0.2, 0) is 0 Å². The summed E-state index contributed by atoms with van der Waals surface area (Å²) in [5, 5.41) is 0. The second-order valence-electron chi connectivity index (χ2n) is 1.36. The summed E-state index contributed by atoms with van der Waals surface area (Å²) in [4.78, 5) is 0. The highest BCUT2D eigenvalue weighted by atomic mass is 13.7. The molecule has 6 heavy (non-hydrogen) atoms. The van der Waals surface area contributed by atoms with E-state index in [-0.39, 0.29) is 0 Å². The Labute approximate surface area is 39.9 Å². The van der Waals surface area contributed by atoms with Gasteiger partial charge in [-0.05, 0) is 13.3 Å². The van der Waals surface area contributed by atoms with Crippen molar-refractivity contribution in [2.75, 3.05) is 0 Å². The van der Waals surface area contributed by atoms with Crippen LogP contribution in [0.3, 0.4) is 0 Å². The van der Waals surface area contributed by atoms with Crippen LogP contribution < -0.4 is 0 Å². The van der Waals surface area contributed by atoms with Crippen molar-refractivity contribution in [3.05, 3.63) is 12.2 Å². The van der Waals surface area contributed by atoms with Crippen molar-refractivity contribution < 1.29 is 0 Å². The van der Waals surface area contributed by atoms with E-state index in [1.807, 2.05) is 0 Å². The molecule has 0 spiro atoms. The summed E-state index contributed by atoms with van der Waals surface area (Å²) < 4.78 is 0. The van der Waals surface area contributed by atoms with Gasteiger partial charge in [-0.1, -0.05) is 25.5 Å². The summed E-state index contributed by atoms with van der Waals surface area (Å²) in [6, 6.07) is 0. The van der Waals surface area contributed by atoms with E-state index in [2.05, 4.69) is 26.0 Å². The minimum absolute atomic E-state index is 1.23. The molecule has 0 heterocycles. The Bertz CT molecular complexity index is 35.3. The zero-order chi connectivity index (χ0) is 4.83. The molecular formula is C6H12. The summed E-state index contributed by atoms with van der Waals surface area (Å²) in [7, 11) is 0. The van der Waals surface area contributed by atoms with Gasteiger partial charge in [-0.25, -0.2) is 0 Å². The first-order valence-corrected chi connectivity index (χ1v) is 2.53. The van der Waals surface area contributed by atoms with Gasteiger partial charge < -0.3 is 0 Å². The third kappa shape index (κ3) is 3.74. The zero-order valence-electron chi connectivity index (χ0n) is 4.57. The maximum Gasteiger partial charge on any atom is -0.0353 e. The monoisotopic (exact) mass is 84.1 g/mol. The van der Waals surface area contributed by atoms with Gasteiger partial charge in [-0.3, -0.25) is 0 Å². The van der Waals surface area contributed by atoms with E-state index in [1.165, 1.54) is 12.8 Å². The van der Waals surface area contributed by atoms with Gasteiger partial charge in [0.15, 0.2) is 0 Å². The lowest BCUT2D eigenvalue weighted by atomic mass is 10.3. The summed E-state index contributed by atoms with van der Waals surface area (Å²) in [6.45, 7) is 4.23. The minimum atomic E-state index is 1.23. The molecule has 0 rings (SSSR count). The topological polar surface area (TPSA) is 0 Å². The minimum Gasteiger partial charge on any atom is -0.0917 e. The molecule has 0 radical (unpaired) electrons. The predicted molar refractivity (Wildman–Crippen MR) is 29.7 cm³/mol. The molecule has 0 unspecified atom stereocenters. The molecular weight excluding hydrogens is 72.1 g/mol. The van der Waals surface area contributed by atoms with Gasteiger partial charge in [0.05, 0.1) is 0 Å². The molecule has 0 amide bonds. The third-order valence-electron chi connectivity index (χ3n) is 0.691. The first-order chi connectivity index (χ1) is 2.91. The fourth-order valence-electron chi connectivity index (χ4n) is 0.333. The van der Waals surface area contributed by atoms with Crippen LogP contribution >= 0.6 is 0 Å². The summed E-state index contributed by atoms with van der Waals surface area (Å²) in [5.74, 6) is 0. The van der Waals surface area contributed by atoms with Gasteiger partial charge in [0.2, 0.25) is 0 Å². The van der Waals surface area contributed by atoms with E-state index in [1.54, 1.807) is 0 Å². The maximum atomic E-state index is 2.18. The van der Waals surface area contributed by atoms with Crippen LogP contribution in [0.4, 0.5) is 0 Å². The van der Waals surface area contributed by atoms with Crippen molar-refractivity contribution >= 4 is 0 Å². The fraction of sp³-hybridized carbons (Fsp3) is 0.667. The van der Waals surface area contributed by atoms with Crippen molar-refractivity contribution in [1.29, 1.82) is 0 Å². The summed E-state index contributed by atoms with van der Waals surface area (Å²) >= 11 is 0. The SMILES string of the molecule is C/C=C/CCC. The van der Waals surface area contributed by atoms with Crippen LogP contribution in [0.25, 0.3) is 0 Å². The number of hydrogen-bond donors (Lipinski definition) is 0. The largest absolute Gasteiger partial charge is 0.0917 e. The lowest BCUT2D eigenvalue weighted by molar-refractivity contribution is 0.957. The fourth-order valence-corrected chi connectivity index (χ4v) is 0.333. The Morgan fingerprint density at radius 2 is 2.17 bits per heavy atom. The molecule has 0 aliphatic rings. The summed E-state index contributed by atoms with van der Waals surface area (Å²) in [5.41, 5.74) is 0. The second kappa shape index (κ2) is 4.74. The maximum absolute atomic E-state index is 2.18. The normalized spacial score (nSPS) is 10.3. The van der Waals surface area contributed by atoms with Crippen molar-refractivity contribution in [2.45, 2.75) is 26.7 Å². The molecule has 0 bridgehead atoms. The average Bonchev–Trinajstić information content (AvgIpc) is 1.61. The van der Waals surface area contributed by atoms with E-state index in [9.17, 15) is 0 Å². The Hall–Kier alpha value is -0.260. The first-order valence-electron chi connectivity index (χ1n) is 2.53. The molecule has 0 fully saturated rings. The molecule has 0 aliphatic heterocycles. The van der Waals surface area contributed by atoms with Crippen molar-refractivity contribution in [2.24, 2.45) is 0 Å². The van der Waals surface area contributed by atoms with Gasteiger partial charge in [0.25, 0.3) is 0 Å². The standard InChI is InChI=1S/C6H12/c1-3-5-6-4-2/h3,5H,4,6H2,1-2H3/b5-3+. The lowest BCUT2D eigenvalue weighted by Crippen LogP contribution is -1.55. The molecule has 0 aromatic carbocycles. The van der Waals surface area contributed by atoms with Crippen molar-refractivity contribution in [1.82, 2.24) is 0 Å². The number of hydrogen-bond acceptors (Lipinski definition) is 0. The molecule has 0 aliphatic carbocycles. The van der Waals surface area contributed by atoms with Crippen LogP contribution in [0.5, 0.6) is 0 Å². The van der Waals surface area contributed by atoms with Gasteiger partial charge in [0.1, 0.15) is 0 Å². The van der Waals surface area contributed by atoms with E-state index < -0.39 is 0 Å². The van der Waals surface area contributed by atoms with E-state index in [0.717, 1.165) is 0 Å². The highest BCUT2D eigenvalue weighted by molar-refractivity contribution is 4.75. The Morgan fingerprint density at radius 3 is 2.33 bits per heavy atom. The van der Waals surface area contributed by atoms with E-state index in [4.69, 9.17) is 0 Å². The molecule has 0 N–H and O–H groups in total. The average molecular weight is 84.2 g/mol. The molecule has 36 valence electrons. The molecule has 0 aromatic heterocycles. The molecule has 0 heteroatoms. The number of unbranched alkanes of at least 4 members (excludes halogenated alkanes) is 1. The van der Waals surface area contributed by atoms with Crippen LogP contribution in [0.1, 0.15) is 26.7 Å². The van der Waals surface area contributed by atoms with Crippen LogP contribution in [0.2, 0.25) is 0 Å².